The Labute approximate surface area is 219 Å². The van der Waals surface area contributed by atoms with Crippen LogP contribution in [0.3, 0.4) is 0 Å². The number of hydroxylamine groups is 1. The number of hydrogen-bond acceptors (Lipinski definition) is 8. The maximum atomic E-state index is 11.1. The van der Waals surface area contributed by atoms with Crippen molar-refractivity contribution in [3.05, 3.63) is 58.7 Å². The lowest BCUT2D eigenvalue weighted by atomic mass is 10.0. The maximum absolute atomic E-state index is 11.1. The first-order valence-electron chi connectivity index (χ1n) is 12.6. The van der Waals surface area contributed by atoms with Gasteiger partial charge in [-0.25, -0.2) is 10.5 Å². The minimum absolute atomic E-state index is 0.128. The molecule has 4 aromatic rings. The molecule has 10 heteroatoms. The molecule has 2 N–H and O–H groups in total. The minimum atomic E-state index is -0.645. The van der Waals surface area contributed by atoms with Gasteiger partial charge in [0.1, 0.15) is 23.6 Å². The van der Waals surface area contributed by atoms with Gasteiger partial charge < -0.3 is 28.7 Å². The molecule has 0 saturated carbocycles. The fourth-order valence-electron chi connectivity index (χ4n) is 5.75. The smallest absolute Gasteiger partial charge is 0.141 e. The van der Waals surface area contributed by atoms with Gasteiger partial charge in [-0.3, -0.25) is 0 Å². The second-order valence-electron chi connectivity index (χ2n) is 9.68. The zero-order valence-electron chi connectivity index (χ0n) is 21.1. The van der Waals surface area contributed by atoms with Crippen LogP contribution in [0, 0.1) is 13.8 Å². The second-order valence-corrected chi connectivity index (χ2v) is 10.1. The molecular formula is C27H30ClN5O4. The van der Waals surface area contributed by atoms with E-state index >= 15 is 0 Å². The Morgan fingerprint density at radius 2 is 2.00 bits per heavy atom. The number of aliphatic hydroxyl groups is 1. The highest BCUT2D eigenvalue weighted by molar-refractivity contribution is 6.32. The highest BCUT2D eigenvalue weighted by Gasteiger charge is 2.38. The zero-order valence-corrected chi connectivity index (χ0v) is 21.8. The van der Waals surface area contributed by atoms with Crippen molar-refractivity contribution >= 4 is 28.3 Å². The number of aromatic nitrogens is 3. The number of rotatable bonds is 5. The molecule has 0 bridgehead atoms. The van der Waals surface area contributed by atoms with E-state index in [-0.39, 0.29) is 12.1 Å². The Kier molecular flexibility index (Phi) is 6.32. The maximum Gasteiger partial charge on any atom is 0.141 e. The Morgan fingerprint density at radius 1 is 1.14 bits per heavy atom. The van der Waals surface area contributed by atoms with Gasteiger partial charge in [-0.05, 0) is 69.0 Å². The van der Waals surface area contributed by atoms with Gasteiger partial charge in [-0.2, -0.15) is 0 Å². The van der Waals surface area contributed by atoms with Crippen LogP contribution < -0.4 is 15.1 Å². The van der Waals surface area contributed by atoms with Crippen molar-refractivity contribution in [2.24, 2.45) is 0 Å². The number of ether oxygens (including phenoxy) is 1. The first-order valence-corrected chi connectivity index (χ1v) is 12.9. The molecule has 0 spiro atoms. The number of nitrogens with zero attached hydrogens (tertiary/aromatic N) is 4. The van der Waals surface area contributed by atoms with Crippen molar-refractivity contribution in [2.75, 3.05) is 25.2 Å². The highest BCUT2D eigenvalue weighted by atomic mass is 35.5. The van der Waals surface area contributed by atoms with Gasteiger partial charge in [0, 0.05) is 17.8 Å². The van der Waals surface area contributed by atoms with Gasteiger partial charge in [0.2, 0.25) is 0 Å². The number of imidazole rings is 1. The topological polar surface area (TPSA) is 97.8 Å². The number of aryl methyl sites for hydroxylation is 2. The first-order chi connectivity index (χ1) is 18.0. The van der Waals surface area contributed by atoms with E-state index in [1.807, 2.05) is 36.9 Å². The summed E-state index contributed by atoms with van der Waals surface area (Å²) in [6, 6.07) is 12.0. The average Bonchev–Trinajstić information content (AvgIpc) is 3.58. The lowest BCUT2D eigenvalue weighted by Crippen LogP contribution is -2.36. The minimum Gasteiger partial charge on any atom is -0.495 e. The number of aliphatic hydroxyl groups excluding tert-OH is 1. The molecule has 6 rings (SSSR count). The van der Waals surface area contributed by atoms with Crippen LogP contribution in [0.4, 0.5) is 5.69 Å². The fraction of sp³-hybridized carbons (Fsp3) is 0.407. The predicted octanol–water partition coefficient (Wildman–Crippen LogP) is 5.10. The summed E-state index contributed by atoms with van der Waals surface area (Å²) in [6.45, 7) is 5.17. The standard InChI is InChI=1S/C27H30ClN5O4/c1-15-26(16(2)37-31-15)17-4-6-22-21(12-17)30-27(33(22)19-10-11-36-29-14-19)23-7-9-25(34)32(23)18-5-8-24(35-3)20(28)13-18/h4-6,8,12-13,19,23,25,29,34H,7,9-11,14H2,1-3H3/t19?,23-,25?/m0/s1. The quantitative estimate of drug-likeness (QED) is 0.373. The largest absolute Gasteiger partial charge is 0.495 e. The molecule has 2 unspecified atom stereocenters. The molecule has 3 atom stereocenters. The summed E-state index contributed by atoms with van der Waals surface area (Å²) in [5.74, 6) is 2.30. The van der Waals surface area contributed by atoms with Crippen LogP contribution in [-0.4, -0.2) is 46.3 Å². The van der Waals surface area contributed by atoms with E-state index in [4.69, 9.17) is 30.7 Å². The van der Waals surface area contributed by atoms with Gasteiger partial charge in [-0.15, -0.1) is 0 Å². The molecule has 9 nitrogen and oxygen atoms in total. The average molecular weight is 524 g/mol. The van der Waals surface area contributed by atoms with Gasteiger partial charge in [0.15, 0.2) is 0 Å². The van der Waals surface area contributed by atoms with Crippen LogP contribution in [0.1, 0.15) is 48.6 Å². The Morgan fingerprint density at radius 3 is 2.70 bits per heavy atom. The predicted molar refractivity (Wildman–Crippen MR) is 141 cm³/mol. The van der Waals surface area contributed by atoms with Crippen molar-refractivity contribution in [3.8, 4) is 16.9 Å². The summed E-state index contributed by atoms with van der Waals surface area (Å²) >= 11 is 6.47. The number of hydrogen-bond donors (Lipinski definition) is 2. The molecule has 194 valence electrons. The molecule has 2 aromatic carbocycles. The first kappa shape index (κ1) is 24.2. The van der Waals surface area contributed by atoms with Crippen LogP contribution in [0.2, 0.25) is 5.02 Å². The van der Waals surface area contributed by atoms with Crippen molar-refractivity contribution < 1.29 is 19.2 Å². The lowest BCUT2D eigenvalue weighted by molar-refractivity contribution is -0.00686. The highest BCUT2D eigenvalue weighted by Crippen LogP contribution is 2.43. The van der Waals surface area contributed by atoms with E-state index in [2.05, 4.69) is 33.4 Å². The van der Waals surface area contributed by atoms with E-state index in [1.54, 1.807) is 7.11 Å². The third-order valence-electron chi connectivity index (χ3n) is 7.46. The van der Waals surface area contributed by atoms with Gasteiger partial charge in [0.05, 0.1) is 47.6 Å². The van der Waals surface area contributed by atoms with Crippen LogP contribution in [-0.2, 0) is 4.84 Å². The van der Waals surface area contributed by atoms with Crippen molar-refractivity contribution in [1.82, 2.24) is 20.2 Å². The summed E-state index contributed by atoms with van der Waals surface area (Å²) in [4.78, 5) is 12.7. The number of halogens is 1. The van der Waals surface area contributed by atoms with Crippen molar-refractivity contribution in [3.63, 3.8) is 0 Å². The SMILES string of the molecule is COc1ccc(N2C(O)CC[C@H]2c2nc3cc(-c4c(C)noc4C)ccc3n2C2CCONC2)cc1Cl. The number of fused-ring (bicyclic) bond motifs is 1. The molecule has 0 aliphatic carbocycles. The van der Waals surface area contributed by atoms with Gasteiger partial charge in [0.25, 0.3) is 0 Å². The van der Waals surface area contributed by atoms with Gasteiger partial charge >= 0.3 is 0 Å². The number of nitrogens with one attached hydrogen (secondary N) is 1. The monoisotopic (exact) mass is 523 g/mol. The molecule has 2 aliphatic heterocycles. The molecule has 2 aliphatic rings. The number of benzene rings is 2. The Hall–Kier alpha value is -3.11. The molecule has 4 heterocycles. The van der Waals surface area contributed by atoms with Crippen LogP contribution in [0.5, 0.6) is 5.75 Å². The molecule has 0 radical (unpaired) electrons. The van der Waals surface area contributed by atoms with Crippen molar-refractivity contribution in [2.45, 2.75) is 51.4 Å². The summed E-state index contributed by atoms with van der Waals surface area (Å²) in [5, 5.41) is 15.7. The summed E-state index contributed by atoms with van der Waals surface area (Å²) in [5.41, 5.74) is 8.72. The van der Waals surface area contributed by atoms with Crippen molar-refractivity contribution in [1.29, 1.82) is 0 Å². The number of anilines is 1. The normalized spacial score (nSPS) is 22.2. The molecule has 2 fully saturated rings. The van der Waals surface area contributed by atoms with E-state index < -0.39 is 6.23 Å². The van der Waals surface area contributed by atoms with Gasteiger partial charge in [-0.1, -0.05) is 22.8 Å². The lowest BCUT2D eigenvalue weighted by Gasteiger charge is -2.32. The molecule has 37 heavy (non-hydrogen) atoms. The van der Waals surface area contributed by atoms with E-state index in [0.29, 0.717) is 30.3 Å². The molecule has 2 aromatic heterocycles. The van der Waals surface area contributed by atoms with E-state index in [0.717, 1.165) is 58.0 Å². The third-order valence-corrected chi connectivity index (χ3v) is 7.76. The van der Waals surface area contributed by atoms with E-state index in [1.165, 1.54) is 0 Å². The molecule has 0 amide bonds. The molecular weight excluding hydrogens is 494 g/mol. The summed E-state index contributed by atoms with van der Waals surface area (Å²) in [6.07, 6.45) is 1.62. The third kappa shape index (κ3) is 4.16. The van der Waals surface area contributed by atoms with Crippen LogP contribution in [0.25, 0.3) is 22.2 Å². The fourth-order valence-corrected chi connectivity index (χ4v) is 6.00. The van der Waals surface area contributed by atoms with Crippen LogP contribution >= 0.6 is 11.6 Å². The summed E-state index contributed by atoms with van der Waals surface area (Å²) in [7, 11) is 1.59. The van der Waals surface area contributed by atoms with E-state index in [9.17, 15) is 5.11 Å². The van der Waals surface area contributed by atoms with Crippen LogP contribution in [0.15, 0.2) is 40.9 Å². The second kappa shape index (κ2) is 9.64. The Bertz CT molecular complexity index is 1420. The number of methoxy groups -OCH3 is 1. The molecule has 2 saturated heterocycles. The summed E-state index contributed by atoms with van der Waals surface area (Å²) < 4.78 is 13.1. The Balaban J connectivity index is 1.49. The zero-order chi connectivity index (χ0) is 25.7.